The predicted octanol–water partition coefficient (Wildman–Crippen LogP) is 3.40. The third-order valence-electron chi connectivity index (χ3n) is 6.30. The predicted molar refractivity (Wildman–Crippen MR) is 129 cm³/mol. The summed E-state index contributed by atoms with van der Waals surface area (Å²) in [6.45, 7) is 2.48. The van der Waals surface area contributed by atoms with Crippen molar-refractivity contribution in [1.29, 1.82) is 0 Å². The van der Waals surface area contributed by atoms with Crippen molar-refractivity contribution in [2.45, 2.75) is 25.8 Å². The number of hydrogen-bond donors (Lipinski definition) is 2. The number of rotatable bonds is 9. The van der Waals surface area contributed by atoms with E-state index in [4.69, 9.17) is 9.84 Å². The number of nitrogens with one attached hydrogen (secondary N) is 1. The number of carbonyl (C=O) groups excluding carboxylic acids is 2. The highest BCUT2D eigenvalue weighted by Crippen LogP contribution is 2.44. The van der Waals surface area contributed by atoms with Crippen molar-refractivity contribution in [3.8, 4) is 11.1 Å². The van der Waals surface area contributed by atoms with Gasteiger partial charge >= 0.3 is 12.1 Å². The first-order chi connectivity index (χ1) is 16.9. The van der Waals surface area contributed by atoms with E-state index in [9.17, 15) is 14.4 Å². The molecule has 35 heavy (non-hydrogen) atoms. The first-order valence-corrected chi connectivity index (χ1v) is 11.5. The number of amides is 2. The molecule has 1 aliphatic carbocycles. The van der Waals surface area contributed by atoms with Crippen LogP contribution in [0.25, 0.3) is 11.1 Å². The molecule has 9 nitrogen and oxygen atoms in total. The van der Waals surface area contributed by atoms with E-state index in [0.717, 1.165) is 22.3 Å². The molecular weight excluding hydrogens is 448 g/mol. The Morgan fingerprint density at radius 1 is 1.09 bits per heavy atom. The number of carboxylic acids is 1. The quantitative estimate of drug-likeness (QED) is 0.489. The molecule has 182 valence electrons. The Labute approximate surface area is 203 Å². The normalized spacial score (nSPS) is 12.1. The largest absolute Gasteiger partial charge is 0.481 e. The third kappa shape index (κ3) is 5.03. The Bertz CT molecular complexity index is 1210. The van der Waals surface area contributed by atoms with Crippen molar-refractivity contribution in [2.24, 2.45) is 7.05 Å². The minimum absolute atomic E-state index is 0.0464. The fourth-order valence-electron chi connectivity index (χ4n) is 4.46. The number of aromatic nitrogens is 2. The molecule has 1 aliphatic rings. The van der Waals surface area contributed by atoms with Crippen LogP contribution < -0.4 is 5.32 Å². The highest BCUT2D eigenvalue weighted by atomic mass is 16.5. The molecule has 9 heteroatoms. The van der Waals surface area contributed by atoms with Gasteiger partial charge in [0, 0.05) is 26.1 Å². The third-order valence-corrected chi connectivity index (χ3v) is 6.30. The van der Waals surface area contributed by atoms with Crippen molar-refractivity contribution < 1.29 is 24.2 Å². The summed E-state index contributed by atoms with van der Waals surface area (Å²) >= 11 is 0. The summed E-state index contributed by atoms with van der Waals surface area (Å²) in [6, 6.07) is 16.2. The van der Waals surface area contributed by atoms with Gasteiger partial charge in [-0.15, -0.1) is 0 Å². The van der Waals surface area contributed by atoms with Gasteiger partial charge in [0.2, 0.25) is 0 Å². The molecule has 3 aromatic rings. The van der Waals surface area contributed by atoms with Gasteiger partial charge in [-0.2, -0.15) is 5.10 Å². The maximum absolute atomic E-state index is 12.9. The number of alkyl carbamates (subject to hydrolysis) is 1. The molecule has 0 atom stereocenters. The maximum Gasteiger partial charge on any atom is 0.407 e. The van der Waals surface area contributed by atoms with E-state index in [-0.39, 0.29) is 37.9 Å². The topological polar surface area (TPSA) is 114 Å². The maximum atomic E-state index is 12.9. The van der Waals surface area contributed by atoms with Gasteiger partial charge in [0.1, 0.15) is 6.61 Å². The minimum Gasteiger partial charge on any atom is -0.481 e. The molecule has 1 heterocycles. The number of aliphatic carboxylic acids is 1. The van der Waals surface area contributed by atoms with Crippen molar-refractivity contribution in [2.75, 3.05) is 19.7 Å². The van der Waals surface area contributed by atoms with Gasteiger partial charge in [-0.25, -0.2) is 4.79 Å². The van der Waals surface area contributed by atoms with Crippen molar-refractivity contribution >= 4 is 18.0 Å². The molecule has 1 aromatic heterocycles. The van der Waals surface area contributed by atoms with Crippen LogP contribution in [0.5, 0.6) is 0 Å². The first-order valence-electron chi connectivity index (χ1n) is 11.5. The van der Waals surface area contributed by atoms with Gasteiger partial charge in [-0.1, -0.05) is 48.5 Å². The number of nitrogens with zero attached hydrogens (tertiary/aromatic N) is 3. The minimum atomic E-state index is -0.973. The van der Waals surface area contributed by atoms with Crippen LogP contribution in [0.15, 0.2) is 54.7 Å². The summed E-state index contributed by atoms with van der Waals surface area (Å²) in [7, 11) is 1.68. The fourth-order valence-corrected chi connectivity index (χ4v) is 4.46. The van der Waals surface area contributed by atoms with Gasteiger partial charge in [0.05, 0.1) is 30.4 Å². The van der Waals surface area contributed by atoms with E-state index in [0.29, 0.717) is 17.8 Å². The second-order valence-electron chi connectivity index (χ2n) is 8.34. The van der Waals surface area contributed by atoms with Gasteiger partial charge < -0.3 is 20.1 Å². The lowest BCUT2D eigenvalue weighted by molar-refractivity contribution is -0.137. The Morgan fingerprint density at radius 2 is 1.71 bits per heavy atom. The van der Waals surface area contributed by atoms with Crippen molar-refractivity contribution in [3.63, 3.8) is 0 Å². The van der Waals surface area contributed by atoms with Crippen LogP contribution in [0.2, 0.25) is 0 Å². The van der Waals surface area contributed by atoms with E-state index in [1.807, 2.05) is 24.3 Å². The molecule has 0 saturated heterocycles. The summed E-state index contributed by atoms with van der Waals surface area (Å²) in [5.41, 5.74) is 5.39. The number of aryl methyl sites for hydroxylation is 1. The van der Waals surface area contributed by atoms with Crippen LogP contribution >= 0.6 is 0 Å². The van der Waals surface area contributed by atoms with Gasteiger partial charge in [0.25, 0.3) is 5.91 Å². The second-order valence-corrected chi connectivity index (χ2v) is 8.34. The number of fused-ring (bicyclic) bond motifs is 3. The molecule has 0 fully saturated rings. The van der Waals surface area contributed by atoms with E-state index in [1.165, 1.54) is 15.8 Å². The standard InChI is InChI=1S/C26H28N4O5/c1-3-30(13-12-24(31)32)25(33)21-14-28-29(2)23(21)15-27-26(34)35-16-22-19-10-6-4-8-17(19)18-9-5-7-11-20(18)22/h4-11,14,22H,3,12-13,15-16H2,1-2H3,(H,27,34)(H,31,32). The Balaban J connectivity index is 1.39. The molecule has 2 N–H and O–H groups in total. The van der Waals surface area contributed by atoms with Crippen molar-refractivity contribution in [3.05, 3.63) is 77.1 Å². The Morgan fingerprint density at radius 3 is 2.31 bits per heavy atom. The summed E-state index contributed by atoms with van der Waals surface area (Å²) in [5, 5.41) is 15.8. The Hall–Kier alpha value is -4.14. The lowest BCUT2D eigenvalue weighted by Gasteiger charge is -2.20. The zero-order chi connectivity index (χ0) is 24.9. The number of benzene rings is 2. The molecule has 0 radical (unpaired) electrons. The number of hydrogen-bond acceptors (Lipinski definition) is 5. The van der Waals surface area contributed by atoms with E-state index < -0.39 is 12.1 Å². The average Bonchev–Trinajstić information content (AvgIpc) is 3.39. The van der Waals surface area contributed by atoms with Crippen molar-refractivity contribution in [1.82, 2.24) is 20.0 Å². The molecule has 0 bridgehead atoms. The van der Waals surface area contributed by atoms with Crippen LogP contribution in [0, 0.1) is 0 Å². The SMILES string of the molecule is CCN(CCC(=O)O)C(=O)c1cnn(C)c1CNC(=O)OCC1c2ccccc2-c2ccccc21. The van der Waals surface area contributed by atoms with E-state index in [1.54, 1.807) is 14.0 Å². The smallest absolute Gasteiger partial charge is 0.407 e. The van der Waals surface area contributed by atoms with Crippen LogP contribution in [0.3, 0.4) is 0 Å². The zero-order valence-electron chi connectivity index (χ0n) is 19.7. The number of carboxylic acid groups (broad SMARTS) is 1. The highest BCUT2D eigenvalue weighted by Gasteiger charge is 2.29. The van der Waals surface area contributed by atoms with Gasteiger partial charge in [0.15, 0.2) is 0 Å². The monoisotopic (exact) mass is 476 g/mol. The molecule has 4 rings (SSSR count). The molecule has 2 aromatic carbocycles. The highest BCUT2D eigenvalue weighted by molar-refractivity contribution is 5.95. The molecule has 0 spiro atoms. The summed E-state index contributed by atoms with van der Waals surface area (Å²) < 4.78 is 7.09. The summed E-state index contributed by atoms with van der Waals surface area (Å²) in [5.74, 6) is -1.35. The zero-order valence-corrected chi connectivity index (χ0v) is 19.7. The van der Waals surface area contributed by atoms with Gasteiger partial charge in [-0.05, 0) is 29.2 Å². The Kier molecular flexibility index (Phi) is 7.14. The van der Waals surface area contributed by atoms with Crippen LogP contribution in [0.4, 0.5) is 4.79 Å². The summed E-state index contributed by atoms with van der Waals surface area (Å²) in [6.07, 6.45) is 0.693. The number of carbonyl (C=O) groups is 3. The number of ether oxygens (including phenoxy) is 1. The lowest BCUT2D eigenvalue weighted by atomic mass is 9.98. The summed E-state index contributed by atoms with van der Waals surface area (Å²) in [4.78, 5) is 37.8. The fraction of sp³-hybridized carbons (Fsp3) is 0.308. The first kappa shape index (κ1) is 24.0. The molecular formula is C26H28N4O5. The van der Waals surface area contributed by atoms with E-state index >= 15 is 0 Å². The lowest BCUT2D eigenvalue weighted by Crippen LogP contribution is -2.34. The molecule has 0 saturated carbocycles. The second kappa shape index (κ2) is 10.4. The molecule has 2 amide bonds. The van der Waals surface area contributed by atoms with Crippen LogP contribution in [-0.4, -0.2) is 57.5 Å². The average molecular weight is 477 g/mol. The molecule has 0 unspecified atom stereocenters. The van der Waals surface area contributed by atoms with Crippen LogP contribution in [-0.2, 0) is 23.1 Å². The van der Waals surface area contributed by atoms with Crippen LogP contribution in [0.1, 0.15) is 46.4 Å². The molecule has 0 aliphatic heterocycles. The van der Waals surface area contributed by atoms with Gasteiger partial charge in [-0.3, -0.25) is 14.3 Å². The van der Waals surface area contributed by atoms with E-state index in [2.05, 4.69) is 34.7 Å².